The predicted molar refractivity (Wildman–Crippen MR) is 104 cm³/mol. The topological polar surface area (TPSA) is 82.4 Å². The normalized spacial score (nSPS) is 19.7. The molecule has 2 aliphatic rings. The molecule has 2 heterocycles. The first-order valence-electron chi connectivity index (χ1n) is 8.71. The number of carbonyl (C=O) groups is 2. The minimum Gasteiger partial charge on any atom is -0.495 e. The molecular weight excluding hydrogens is 386 g/mol. The van der Waals surface area contributed by atoms with E-state index in [9.17, 15) is 14.9 Å². The van der Waals surface area contributed by atoms with Crippen molar-refractivity contribution in [3.63, 3.8) is 0 Å². The predicted octanol–water partition coefficient (Wildman–Crippen LogP) is 3.04. The van der Waals surface area contributed by atoms with Crippen LogP contribution in [0.1, 0.15) is 30.7 Å². The van der Waals surface area contributed by atoms with Crippen LogP contribution in [0.4, 0.5) is 0 Å². The van der Waals surface area contributed by atoms with Crippen LogP contribution in [0, 0.1) is 11.3 Å². The molecule has 2 amide bonds. The van der Waals surface area contributed by atoms with Gasteiger partial charge in [0.2, 0.25) is 11.8 Å². The Morgan fingerprint density at radius 1 is 1.44 bits per heavy atom. The van der Waals surface area contributed by atoms with E-state index in [1.807, 2.05) is 11.0 Å². The molecule has 0 saturated carbocycles. The fraction of sp³-hybridized carbons (Fsp3) is 0.421. The van der Waals surface area contributed by atoms with Crippen LogP contribution in [0.15, 0.2) is 28.8 Å². The highest BCUT2D eigenvalue weighted by Crippen LogP contribution is 2.38. The van der Waals surface area contributed by atoms with Gasteiger partial charge in [0.25, 0.3) is 0 Å². The number of ether oxygens (including phenoxy) is 1. The number of carbonyl (C=O) groups excluding carboxylic acids is 2. The third-order valence-electron chi connectivity index (χ3n) is 4.73. The van der Waals surface area contributed by atoms with E-state index in [-0.39, 0.29) is 24.0 Å². The largest absolute Gasteiger partial charge is 0.495 e. The molecule has 1 fully saturated rings. The Morgan fingerprint density at radius 2 is 2.19 bits per heavy atom. The Balaban J connectivity index is 1.82. The second kappa shape index (κ2) is 8.68. The number of benzene rings is 1. The van der Waals surface area contributed by atoms with Crippen molar-refractivity contribution in [1.29, 1.82) is 5.26 Å². The van der Waals surface area contributed by atoms with Gasteiger partial charge < -0.3 is 15.0 Å². The van der Waals surface area contributed by atoms with Crippen LogP contribution in [0.25, 0.3) is 0 Å². The maximum absolute atomic E-state index is 12.3. The lowest BCUT2D eigenvalue weighted by Gasteiger charge is -2.25. The van der Waals surface area contributed by atoms with Gasteiger partial charge in [-0.3, -0.25) is 9.59 Å². The van der Waals surface area contributed by atoms with Crippen LogP contribution in [0.2, 0.25) is 5.02 Å². The van der Waals surface area contributed by atoms with Crippen LogP contribution in [0.3, 0.4) is 0 Å². The molecule has 0 aromatic heterocycles. The number of amides is 2. The van der Waals surface area contributed by atoms with E-state index in [4.69, 9.17) is 16.3 Å². The van der Waals surface area contributed by atoms with Crippen LogP contribution in [0.5, 0.6) is 5.75 Å². The number of hydrogen-bond acceptors (Lipinski definition) is 5. The van der Waals surface area contributed by atoms with Crippen LogP contribution >= 0.6 is 23.4 Å². The summed E-state index contributed by atoms with van der Waals surface area (Å²) in [6.45, 7) is 1.56. The van der Waals surface area contributed by atoms with Gasteiger partial charge in [-0.15, -0.1) is 0 Å². The van der Waals surface area contributed by atoms with Crippen molar-refractivity contribution in [2.75, 3.05) is 26.0 Å². The maximum atomic E-state index is 12.3. The molecule has 1 aromatic rings. The Morgan fingerprint density at radius 3 is 2.81 bits per heavy atom. The van der Waals surface area contributed by atoms with E-state index in [2.05, 4.69) is 11.4 Å². The number of likely N-dealkylation sites (tertiary alicyclic amines) is 1. The number of nitrogens with one attached hydrogen (secondary N) is 1. The van der Waals surface area contributed by atoms with E-state index in [1.165, 1.54) is 18.9 Å². The summed E-state index contributed by atoms with van der Waals surface area (Å²) in [5.41, 5.74) is 1.23. The van der Waals surface area contributed by atoms with Gasteiger partial charge in [0.15, 0.2) is 0 Å². The van der Waals surface area contributed by atoms with Crippen molar-refractivity contribution < 1.29 is 14.3 Å². The van der Waals surface area contributed by atoms with Gasteiger partial charge in [-0.1, -0.05) is 29.4 Å². The monoisotopic (exact) mass is 405 g/mol. The second-order valence-electron chi connectivity index (χ2n) is 6.43. The molecule has 1 atom stereocenters. The van der Waals surface area contributed by atoms with Crippen molar-refractivity contribution in [1.82, 2.24) is 10.2 Å². The SMILES string of the molecule is COc1ccc([C@H]2CC(=O)NC(SCC(=O)N3CCCC3)=C2C#N)cc1Cl. The van der Waals surface area contributed by atoms with E-state index in [0.29, 0.717) is 21.4 Å². The first kappa shape index (κ1) is 19.6. The highest BCUT2D eigenvalue weighted by molar-refractivity contribution is 8.03. The molecule has 0 unspecified atom stereocenters. The fourth-order valence-corrected chi connectivity index (χ4v) is 4.55. The third kappa shape index (κ3) is 4.40. The molecule has 1 aromatic carbocycles. The van der Waals surface area contributed by atoms with Gasteiger partial charge in [-0.05, 0) is 30.5 Å². The molecule has 27 heavy (non-hydrogen) atoms. The number of thioether (sulfide) groups is 1. The summed E-state index contributed by atoms with van der Waals surface area (Å²) < 4.78 is 5.16. The molecule has 0 aliphatic carbocycles. The lowest BCUT2D eigenvalue weighted by molar-refractivity contribution is -0.127. The average Bonchev–Trinajstić information content (AvgIpc) is 3.20. The molecule has 8 heteroatoms. The van der Waals surface area contributed by atoms with Crippen molar-refractivity contribution in [2.45, 2.75) is 25.2 Å². The molecule has 6 nitrogen and oxygen atoms in total. The van der Waals surface area contributed by atoms with Crippen molar-refractivity contribution >= 4 is 35.2 Å². The lowest BCUT2D eigenvalue weighted by atomic mass is 9.87. The molecule has 3 rings (SSSR count). The summed E-state index contributed by atoms with van der Waals surface area (Å²) in [7, 11) is 1.53. The Bertz CT molecular complexity index is 828. The van der Waals surface area contributed by atoms with Crippen LogP contribution in [-0.4, -0.2) is 42.7 Å². The van der Waals surface area contributed by atoms with Crippen molar-refractivity contribution in [3.05, 3.63) is 39.4 Å². The highest BCUT2D eigenvalue weighted by Gasteiger charge is 2.30. The molecule has 0 bridgehead atoms. The van der Waals surface area contributed by atoms with Gasteiger partial charge in [0.05, 0.1) is 34.6 Å². The fourth-order valence-electron chi connectivity index (χ4n) is 3.31. The highest BCUT2D eigenvalue weighted by atomic mass is 35.5. The molecule has 1 N–H and O–H groups in total. The first-order chi connectivity index (χ1) is 13.0. The minimum atomic E-state index is -0.392. The zero-order valence-corrected chi connectivity index (χ0v) is 16.5. The van der Waals surface area contributed by atoms with Crippen LogP contribution in [-0.2, 0) is 9.59 Å². The number of nitrogens with zero attached hydrogens (tertiary/aromatic N) is 2. The zero-order valence-electron chi connectivity index (χ0n) is 15.0. The van der Waals surface area contributed by atoms with Crippen molar-refractivity contribution in [2.24, 2.45) is 0 Å². The Kier molecular flexibility index (Phi) is 6.30. The number of nitriles is 1. The van der Waals surface area contributed by atoms with Gasteiger partial charge in [-0.25, -0.2) is 0 Å². The molecule has 1 saturated heterocycles. The third-order valence-corrected chi connectivity index (χ3v) is 6.03. The van der Waals surface area contributed by atoms with Gasteiger partial charge >= 0.3 is 0 Å². The summed E-state index contributed by atoms with van der Waals surface area (Å²) in [5, 5.41) is 13.3. The summed E-state index contributed by atoms with van der Waals surface area (Å²) in [5.74, 6) is 0.204. The van der Waals surface area contributed by atoms with Gasteiger partial charge in [0, 0.05) is 25.4 Å². The molecular formula is C19H20ClN3O3S. The molecule has 142 valence electrons. The Labute approximate surface area is 167 Å². The number of rotatable bonds is 5. The number of methoxy groups -OCH3 is 1. The summed E-state index contributed by atoms with van der Waals surface area (Å²) in [6.07, 6.45) is 2.22. The molecule has 0 spiro atoms. The minimum absolute atomic E-state index is 0.0335. The van der Waals surface area contributed by atoms with Gasteiger partial charge in [0.1, 0.15) is 5.75 Å². The van der Waals surface area contributed by atoms with E-state index in [0.717, 1.165) is 31.5 Å². The summed E-state index contributed by atoms with van der Waals surface area (Å²) >= 11 is 7.42. The maximum Gasteiger partial charge on any atom is 0.232 e. The quantitative estimate of drug-likeness (QED) is 0.814. The van der Waals surface area contributed by atoms with E-state index >= 15 is 0 Å². The molecule has 2 aliphatic heterocycles. The first-order valence-corrected chi connectivity index (χ1v) is 10.1. The van der Waals surface area contributed by atoms with Gasteiger partial charge in [-0.2, -0.15) is 5.26 Å². The summed E-state index contributed by atoms with van der Waals surface area (Å²) in [6, 6.07) is 7.46. The number of hydrogen-bond donors (Lipinski definition) is 1. The average molecular weight is 406 g/mol. The summed E-state index contributed by atoms with van der Waals surface area (Å²) in [4.78, 5) is 26.3. The van der Waals surface area contributed by atoms with E-state index < -0.39 is 5.92 Å². The molecule has 0 radical (unpaired) electrons. The lowest BCUT2D eigenvalue weighted by Crippen LogP contribution is -2.33. The van der Waals surface area contributed by atoms with E-state index in [1.54, 1.807) is 12.1 Å². The van der Waals surface area contributed by atoms with Crippen molar-refractivity contribution in [3.8, 4) is 11.8 Å². The number of allylic oxidation sites excluding steroid dienone is 1. The number of halogens is 1. The second-order valence-corrected chi connectivity index (χ2v) is 7.82. The van der Waals surface area contributed by atoms with Crippen LogP contribution < -0.4 is 10.1 Å². The standard InChI is InChI=1S/C19H20ClN3O3S/c1-26-16-5-4-12(8-15(16)20)13-9-17(24)22-19(14(13)10-21)27-11-18(25)23-6-2-3-7-23/h4-5,8,13H,2-3,6-7,9,11H2,1H3,(H,22,24)/t13-/m1/s1. The Hall–Kier alpha value is -2.17. The smallest absolute Gasteiger partial charge is 0.232 e. The zero-order chi connectivity index (χ0) is 19.4.